The first-order valence-electron chi connectivity index (χ1n) is 5.75. The maximum Gasteiger partial charge on any atom is 0.355 e. The minimum Gasteiger partial charge on any atom is -0.476 e. The van der Waals surface area contributed by atoms with Gasteiger partial charge in [0.05, 0.1) is 11.9 Å². The summed E-state index contributed by atoms with van der Waals surface area (Å²) in [5, 5.41) is 15.2. The predicted octanol–water partition coefficient (Wildman–Crippen LogP) is 2.28. The summed E-state index contributed by atoms with van der Waals surface area (Å²) in [6, 6.07) is 9.54. The van der Waals surface area contributed by atoms with Crippen molar-refractivity contribution in [2.75, 3.05) is 5.73 Å². The molecule has 0 aliphatic carbocycles. The van der Waals surface area contributed by atoms with Gasteiger partial charge in [-0.15, -0.1) is 11.3 Å². The molecule has 1 aromatic carbocycles. The summed E-state index contributed by atoms with van der Waals surface area (Å²) in [5.74, 6) is -1.06. The molecule has 3 N–H and O–H groups in total. The summed E-state index contributed by atoms with van der Waals surface area (Å²) in [6.45, 7) is 0. The quantitative estimate of drug-likeness (QED) is 0.770. The third-order valence-corrected chi connectivity index (χ3v) is 3.53. The van der Waals surface area contributed by atoms with Gasteiger partial charge in [-0.2, -0.15) is 5.10 Å². The van der Waals surface area contributed by atoms with E-state index in [1.165, 1.54) is 21.4 Å². The molecule has 0 radical (unpaired) electrons. The number of hydrogen-bond donors (Lipinski definition) is 2. The average molecular weight is 286 g/mol. The van der Waals surface area contributed by atoms with Gasteiger partial charge in [0.2, 0.25) is 5.13 Å². The van der Waals surface area contributed by atoms with Crippen LogP contribution in [-0.2, 0) is 0 Å². The van der Waals surface area contributed by atoms with E-state index in [9.17, 15) is 4.79 Å². The van der Waals surface area contributed by atoms with E-state index in [-0.39, 0.29) is 5.69 Å². The molecule has 3 aromatic rings. The molecule has 100 valence electrons. The molecular formula is C13H10N4O2S. The summed E-state index contributed by atoms with van der Waals surface area (Å²) in [4.78, 5) is 14.8. The van der Waals surface area contributed by atoms with Crippen LogP contribution in [-0.4, -0.2) is 25.8 Å². The number of aromatic nitrogens is 3. The smallest absolute Gasteiger partial charge is 0.355 e. The van der Waals surface area contributed by atoms with E-state index in [4.69, 9.17) is 10.8 Å². The van der Waals surface area contributed by atoms with Gasteiger partial charge in [-0.3, -0.25) is 0 Å². The Balaban J connectivity index is 2.02. The van der Waals surface area contributed by atoms with Crippen molar-refractivity contribution in [3.63, 3.8) is 0 Å². The van der Waals surface area contributed by atoms with Gasteiger partial charge in [0, 0.05) is 10.9 Å². The van der Waals surface area contributed by atoms with E-state index in [2.05, 4.69) is 10.1 Å². The Morgan fingerprint density at radius 3 is 2.70 bits per heavy atom. The van der Waals surface area contributed by atoms with E-state index in [1.54, 1.807) is 6.20 Å². The minimum atomic E-state index is -1.06. The Morgan fingerprint density at radius 1 is 1.30 bits per heavy atom. The molecule has 0 spiro atoms. The van der Waals surface area contributed by atoms with E-state index in [1.807, 2.05) is 30.3 Å². The molecule has 0 saturated carbocycles. The second kappa shape index (κ2) is 4.78. The molecule has 0 bridgehead atoms. The highest BCUT2D eigenvalue weighted by molar-refractivity contribution is 7.12. The van der Waals surface area contributed by atoms with Crippen LogP contribution < -0.4 is 5.73 Å². The number of anilines is 1. The molecule has 6 nitrogen and oxygen atoms in total. The molecule has 0 aliphatic heterocycles. The number of carbonyl (C=O) groups is 1. The normalized spacial score (nSPS) is 10.6. The van der Waals surface area contributed by atoms with Crippen LogP contribution in [0.25, 0.3) is 16.4 Å². The lowest BCUT2D eigenvalue weighted by molar-refractivity contribution is 0.0691. The Hall–Kier alpha value is -2.67. The zero-order valence-corrected chi connectivity index (χ0v) is 11.0. The zero-order chi connectivity index (χ0) is 14.1. The zero-order valence-electron chi connectivity index (χ0n) is 10.2. The fourth-order valence-corrected chi connectivity index (χ4v) is 2.50. The van der Waals surface area contributed by atoms with Crippen LogP contribution in [0.5, 0.6) is 0 Å². The van der Waals surface area contributed by atoms with Crippen molar-refractivity contribution >= 4 is 23.0 Å². The first kappa shape index (κ1) is 12.4. The first-order valence-corrected chi connectivity index (χ1v) is 6.63. The fraction of sp³-hybridized carbons (Fsp3) is 0. The van der Waals surface area contributed by atoms with Crippen LogP contribution in [0.2, 0.25) is 0 Å². The fourth-order valence-electron chi connectivity index (χ4n) is 1.77. The first-order chi connectivity index (χ1) is 9.65. The highest BCUT2D eigenvalue weighted by Gasteiger charge is 2.14. The molecule has 2 aromatic heterocycles. The van der Waals surface area contributed by atoms with Crippen molar-refractivity contribution < 1.29 is 9.90 Å². The molecular weight excluding hydrogens is 276 g/mol. The molecule has 7 heteroatoms. The third kappa shape index (κ3) is 2.14. The number of nitrogen functional groups attached to an aromatic ring is 1. The minimum absolute atomic E-state index is 0.000308. The van der Waals surface area contributed by atoms with Crippen LogP contribution in [0, 0.1) is 0 Å². The number of carboxylic acids is 1. The number of hydrogen-bond acceptors (Lipinski definition) is 5. The lowest BCUT2D eigenvalue weighted by Crippen LogP contribution is -1.99. The summed E-state index contributed by atoms with van der Waals surface area (Å²) >= 11 is 1.20. The molecule has 0 fully saturated rings. The van der Waals surface area contributed by atoms with E-state index in [0.717, 1.165) is 5.56 Å². The molecule has 0 unspecified atom stereocenters. The SMILES string of the molecule is Nc1cn(-c2nc(C(=O)O)cs2)nc1-c1ccccc1. The Labute approximate surface area is 118 Å². The van der Waals surface area contributed by atoms with Gasteiger partial charge in [-0.05, 0) is 0 Å². The highest BCUT2D eigenvalue weighted by Crippen LogP contribution is 2.26. The second-order valence-corrected chi connectivity index (χ2v) is 4.90. The summed E-state index contributed by atoms with van der Waals surface area (Å²) in [5.41, 5.74) is 8.02. The van der Waals surface area contributed by atoms with Gasteiger partial charge in [-0.1, -0.05) is 30.3 Å². The van der Waals surface area contributed by atoms with Crippen molar-refractivity contribution in [2.45, 2.75) is 0 Å². The Bertz CT molecular complexity index is 764. The Kier molecular flexibility index (Phi) is 2.96. The second-order valence-electron chi connectivity index (χ2n) is 4.06. The lowest BCUT2D eigenvalue weighted by Gasteiger charge is -1.96. The largest absolute Gasteiger partial charge is 0.476 e. The monoisotopic (exact) mass is 286 g/mol. The number of carboxylic acid groups (broad SMARTS) is 1. The van der Waals surface area contributed by atoms with Crippen LogP contribution in [0.1, 0.15) is 10.5 Å². The summed E-state index contributed by atoms with van der Waals surface area (Å²) in [7, 11) is 0. The number of benzene rings is 1. The average Bonchev–Trinajstić information content (AvgIpc) is 3.06. The Morgan fingerprint density at radius 2 is 2.05 bits per heavy atom. The lowest BCUT2D eigenvalue weighted by atomic mass is 10.1. The van der Waals surface area contributed by atoms with Gasteiger partial charge >= 0.3 is 5.97 Å². The van der Waals surface area contributed by atoms with E-state index in [0.29, 0.717) is 16.5 Å². The number of nitrogens with zero attached hydrogens (tertiary/aromatic N) is 3. The van der Waals surface area contributed by atoms with E-state index < -0.39 is 5.97 Å². The van der Waals surface area contributed by atoms with Gasteiger partial charge in [0.15, 0.2) is 5.69 Å². The standard InChI is InChI=1S/C13H10N4O2S/c14-9-6-17(13-15-10(7-20-13)12(18)19)16-11(9)8-4-2-1-3-5-8/h1-7H,14H2,(H,18,19). The number of aromatic carboxylic acids is 1. The van der Waals surface area contributed by atoms with Crippen molar-refractivity contribution in [3.8, 4) is 16.4 Å². The summed E-state index contributed by atoms with van der Waals surface area (Å²) < 4.78 is 1.49. The van der Waals surface area contributed by atoms with Crippen LogP contribution in [0.4, 0.5) is 5.69 Å². The van der Waals surface area contributed by atoms with Crippen LogP contribution in [0.15, 0.2) is 41.9 Å². The van der Waals surface area contributed by atoms with Gasteiger partial charge in [-0.25, -0.2) is 14.5 Å². The van der Waals surface area contributed by atoms with Crippen molar-refractivity contribution in [1.29, 1.82) is 0 Å². The molecule has 20 heavy (non-hydrogen) atoms. The molecule has 0 aliphatic rings. The summed E-state index contributed by atoms with van der Waals surface area (Å²) in [6.07, 6.45) is 1.63. The number of nitrogens with two attached hydrogens (primary N) is 1. The molecule has 2 heterocycles. The molecule has 0 atom stereocenters. The van der Waals surface area contributed by atoms with Crippen molar-refractivity contribution in [3.05, 3.63) is 47.6 Å². The molecule has 3 rings (SSSR count). The van der Waals surface area contributed by atoms with Crippen LogP contribution in [0.3, 0.4) is 0 Å². The molecule has 0 amide bonds. The number of rotatable bonds is 3. The van der Waals surface area contributed by atoms with E-state index >= 15 is 0 Å². The molecule has 0 saturated heterocycles. The van der Waals surface area contributed by atoms with Gasteiger partial charge in [0.25, 0.3) is 0 Å². The maximum absolute atomic E-state index is 10.8. The predicted molar refractivity (Wildman–Crippen MR) is 76.0 cm³/mol. The van der Waals surface area contributed by atoms with Gasteiger partial charge < -0.3 is 10.8 Å². The van der Waals surface area contributed by atoms with Crippen molar-refractivity contribution in [1.82, 2.24) is 14.8 Å². The van der Waals surface area contributed by atoms with Gasteiger partial charge in [0.1, 0.15) is 5.69 Å². The van der Waals surface area contributed by atoms with Crippen LogP contribution >= 0.6 is 11.3 Å². The maximum atomic E-state index is 10.8. The number of thiazole rings is 1. The third-order valence-electron chi connectivity index (χ3n) is 2.70. The highest BCUT2D eigenvalue weighted by atomic mass is 32.1. The van der Waals surface area contributed by atoms with Crippen molar-refractivity contribution in [2.24, 2.45) is 0 Å². The topological polar surface area (TPSA) is 94.0 Å².